The van der Waals surface area contributed by atoms with Crippen LogP contribution in [0.5, 0.6) is 0 Å². The van der Waals surface area contributed by atoms with Gasteiger partial charge in [-0.15, -0.1) is 0 Å². The quantitative estimate of drug-likeness (QED) is 0.669. The highest BCUT2D eigenvalue weighted by atomic mass is 127. The molecule has 1 aromatic rings. The summed E-state index contributed by atoms with van der Waals surface area (Å²) in [6.07, 6.45) is 5.84. The van der Waals surface area contributed by atoms with E-state index in [1.165, 1.54) is 37.9 Å². The molecular formula is C11H15IN2. The lowest BCUT2D eigenvalue weighted by molar-refractivity contribution is 0.372. The number of hydrogen-bond donors (Lipinski definition) is 1. The standard InChI is InChI=1S/C11H15IN2/c12-11-2-1-10(8-14-11)7-9-3-5-13-6-4-9/h1-2,8-9,13H,3-7H2. The van der Waals surface area contributed by atoms with E-state index in [0.29, 0.717) is 0 Å². The van der Waals surface area contributed by atoms with Crippen molar-refractivity contribution in [2.24, 2.45) is 5.92 Å². The molecule has 1 aromatic heterocycles. The van der Waals surface area contributed by atoms with E-state index >= 15 is 0 Å². The fraction of sp³-hybridized carbons (Fsp3) is 0.545. The van der Waals surface area contributed by atoms with Gasteiger partial charge in [0.1, 0.15) is 3.70 Å². The molecule has 76 valence electrons. The first-order chi connectivity index (χ1) is 6.84. The Hall–Kier alpha value is -0.160. The molecule has 0 saturated carbocycles. The summed E-state index contributed by atoms with van der Waals surface area (Å²) < 4.78 is 1.08. The van der Waals surface area contributed by atoms with Gasteiger partial charge in [-0.25, -0.2) is 0 Å². The molecular weight excluding hydrogens is 287 g/mol. The van der Waals surface area contributed by atoms with Crippen molar-refractivity contribution in [1.29, 1.82) is 0 Å². The van der Waals surface area contributed by atoms with Crippen LogP contribution >= 0.6 is 22.6 Å². The summed E-state index contributed by atoms with van der Waals surface area (Å²) >= 11 is 2.25. The molecule has 1 aliphatic heterocycles. The first-order valence-electron chi connectivity index (χ1n) is 5.16. The lowest BCUT2D eigenvalue weighted by Gasteiger charge is -2.22. The van der Waals surface area contributed by atoms with Crippen molar-refractivity contribution in [3.8, 4) is 0 Å². The highest BCUT2D eigenvalue weighted by Crippen LogP contribution is 2.17. The van der Waals surface area contributed by atoms with E-state index in [1.807, 2.05) is 6.20 Å². The van der Waals surface area contributed by atoms with Crippen molar-refractivity contribution < 1.29 is 0 Å². The number of aromatic nitrogens is 1. The minimum Gasteiger partial charge on any atom is -0.317 e. The molecule has 1 fully saturated rings. The molecule has 14 heavy (non-hydrogen) atoms. The van der Waals surface area contributed by atoms with Crippen LogP contribution in [-0.4, -0.2) is 18.1 Å². The molecule has 0 amide bonds. The molecule has 0 aliphatic carbocycles. The number of hydrogen-bond acceptors (Lipinski definition) is 2. The molecule has 1 saturated heterocycles. The van der Waals surface area contributed by atoms with Gasteiger partial charge >= 0.3 is 0 Å². The average molecular weight is 302 g/mol. The lowest BCUT2D eigenvalue weighted by Crippen LogP contribution is -2.28. The Bertz CT molecular complexity index is 278. The second kappa shape index (κ2) is 5.07. The smallest absolute Gasteiger partial charge is 0.101 e. The van der Waals surface area contributed by atoms with Crippen LogP contribution in [0.4, 0.5) is 0 Å². The molecule has 2 rings (SSSR count). The molecule has 0 bridgehead atoms. The number of pyridine rings is 1. The van der Waals surface area contributed by atoms with Gasteiger partial charge in [-0.1, -0.05) is 6.07 Å². The largest absolute Gasteiger partial charge is 0.317 e. The second-order valence-electron chi connectivity index (χ2n) is 3.89. The van der Waals surface area contributed by atoms with Gasteiger partial charge in [-0.05, 0) is 72.5 Å². The molecule has 0 radical (unpaired) electrons. The molecule has 0 atom stereocenters. The topological polar surface area (TPSA) is 24.9 Å². The summed E-state index contributed by atoms with van der Waals surface area (Å²) in [6, 6.07) is 4.30. The van der Waals surface area contributed by atoms with Gasteiger partial charge in [-0.3, -0.25) is 4.98 Å². The molecule has 0 spiro atoms. The van der Waals surface area contributed by atoms with Gasteiger partial charge in [-0.2, -0.15) is 0 Å². The van der Waals surface area contributed by atoms with E-state index in [4.69, 9.17) is 0 Å². The van der Waals surface area contributed by atoms with E-state index in [2.05, 4.69) is 45.0 Å². The van der Waals surface area contributed by atoms with Crippen LogP contribution < -0.4 is 5.32 Å². The Kier molecular flexibility index (Phi) is 3.75. The highest BCUT2D eigenvalue weighted by molar-refractivity contribution is 14.1. The fourth-order valence-corrected chi connectivity index (χ4v) is 2.27. The third kappa shape index (κ3) is 2.92. The van der Waals surface area contributed by atoms with Crippen LogP contribution in [-0.2, 0) is 6.42 Å². The zero-order valence-electron chi connectivity index (χ0n) is 8.17. The van der Waals surface area contributed by atoms with Crippen molar-refractivity contribution in [1.82, 2.24) is 10.3 Å². The number of nitrogens with one attached hydrogen (secondary N) is 1. The van der Waals surface area contributed by atoms with Gasteiger partial charge in [0, 0.05) is 6.20 Å². The summed E-state index contributed by atoms with van der Waals surface area (Å²) in [5.41, 5.74) is 1.39. The van der Waals surface area contributed by atoms with Crippen molar-refractivity contribution in [3.63, 3.8) is 0 Å². The summed E-state index contributed by atoms with van der Waals surface area (Å²) in [5, 5.41) is 3.39. The monoisotopic (exact) mass is 302 g/mol. The molecule has 1 N–H and O–H groups in total. The van der Waals surface area contributed by atoms with Crippen molar-refractivity contribution >= 4 is 22.6 Å². The molecule has 1 aliphatic rings. The van der Waals surface area contributed by atoms with Gasteiger partial charge in [0.05, 0.1) is 0 Å². The minimum atomic E-state index is 0.859. The summed E-state index contributed by atoms with van der Waals surface area (Å²) in [4.78, 5) is 4.32. The van der Waals surface area contributed by atoms with Crippen LogP contribution in [0.25, 0.3) is 0 Å². The third-order valence-electron chi connectivity index (χ3n) is 2.77. The van der Waals surface area contributed by atoms with Gasteiger partial charge in [0.2, 0.25) is 0 Å². The Morgan fingerprint density at radius 3 is 2.79 bits per heavy atom. The average Bonchev–Trinajstić information content (AvgIpc) is 2.23. The number of halogens is 1. The lowest BCUT2D eigenvalue weighted by atomic mass is 9.92. The Morgan fingerprint density at radius 2 is 2.14 bits per heavy atom. The highest BCUT2D eigenvalue weighted by Gasteiger charge is 2.13. The first kappa shape index (κ1) is 10.4. The van der Waals surface area contributed by atoms with Crippen molar-refractivity contribution in [2.75, 3.05) is 13.1 Å². The Morgan fingerprint density at radius 1 is 1.36 bits per heavy atom. The zero-order chi connectivity index (χ0) is 9.80. The fourth-order valence-electron chi connectivity index (χ4n) is 1.95. The van der Waals surface area contributed by atoms with Gasteiger partial charge in [0.15, 0.2) is 0 Å². The van der Waals surface area contributed by atoms with E-state index in [0.717, 1.165) is 9.62 Å². The van der Waals surface area contributed by atoms with Crippen LogP contribution in [0.15, 0.2) is 18.3 Å². The zero-order valence-corrected chi connectivity index (χ0v) is 10.3. The van der Waals surface area contributed by atoms with Crippen LogP contribution in [0.1, 0.15) is 18.4 Å². The minimum absolute atomic E-state index is 0.859. The van der Waals surface area contributed by atoms with E-state index in [9.17, 15) is 0 Å². The Labute approximate surface area is 98.6 Å². The van der Waals surface area contributed by atoms with E-state index < -0.39 is 0 Å². The second-order valence-corrected chi connectivity index (χ2v) is 4.99. The van der Waals surface area contributed by atoms with Gasteiger partial charge in [0.25, 0.3) is 0 Å². The number of rotatable bonds is 2. The maximum Gasteiger partial charge on any atom is 0.101 e. The third-order valence-corrected chi connectivity index (χ3v) is 3.41. The summed E-state index contributed by atoms with van der Waals surface area (Å²) in [7, 11) is 0. The van der Waals surface area contributed by atoms with Crippen molar-refractivity contribution in [2.45, 2.75) is 19.3 Å². The summed E-state index contributed by atoms with van der Waals surface area (Å²) in [6.45, 7) is 2.37. The maximum atomic E-state index is 4.32. The van der Waals surface area contributed by atoms with Crippen LogP contribution in [0.3, 0.4) is 0 Å². The Balaban J connectivity index is 1.92. The van der Waals surface area contributed by atoms with Crippen molar-refractivity contribution in [3.05, 3.63) is 27.6 Å². The molecule has 2 nitrogen and oxygen atoms in total. The predicted octanol–water partition coefficient (Wildman–Crippen LogP) is 2.23. The SMILES string of the molecule is Ic1ccc(CC2CCNCC2)cn1. The predicted molar refractivity (Wildman–Crippen MR) is 66.3 cm³/mol. The molecule has 2 heterocycles. The summed E-state index contributed by atoms with van der Waals surface area (Å²) in [5.74, 6) is 0.859. The van der Waals surface area contributed by atoms with E-state index in [-0.39, 0.29) is 0 Å². The van der Waals surface area contributed by atoms with Crippen LogP contribution in [0.2, 0.25) is 0 Å². The van der Waals surface area contributed by atoms with Crippen LogP contribution in [0, 0.1) is 9.62 Å². The number of piperidine rings is 1. The maximum absolute atomic E-state index is 4.32. The molecule has 0 aromatic carbocycles. The molecule has 3 heteroatoms. The first-order valence-corrected chi connectivity index (χ1v) is 6.23. The van der Waals surface area contributed by atoms with E-state index in [1.54, 1.807) is 0 Å². The van der Waals surface area contributed by atoms with Gasteiger partial charge < -0.3 is 5.32 Å². The normalized spacial score (nSPS) is 18.4. The number of nitrogens with zero attached hydrogens (tertiary/aromatic N) is 1. The molecule has 0 unspecified atom stereocenters.